The lowest BCUT2D eigenvalue weighted by Crippen LogP contribution is -2.40. The van der Waals surface area contributed by atoms with Gasteiger partial charge in [0.2, 0.25) is 5.91 Å². The van der Waals surface area contributed by atoms with E-state index < -0.39 is 0 Å². The number of carbonyl (C=O) groups is 1. The molecule has 0 aliphatic heterocycles. The number of hydrogen-bond acceptors (Lipinski definition) is 3. The highest BCUT2D eigenvalue weighted by molar-refractivity contribution is 7.99. The minimum atomic E-state index is 0.109. The molecule has 3 nitrogen and oxygen atoms in total. The molecule has 2 N–H and O–H groups in total. The maximum atomic E-state index is 11.4. The molecule has 0 saturated heterocycles. The Morgan fingerprint density at radius 3 is 2.73 bits per heavy atom. The molecule has 0 spiro atoms. The van der Waals surface area contributed by atoms with Crippen LogP contribution in [0.25, 0.3) is 0 Å². The summed E-state index contributed by atoms with van der Waals surface area (Å²) in [4.78, 5) is 11.4. The molecule has 0 bridgehead atoms. The lowest BCUT2D eigenvalue weighted by molar-refractivity contribution is -0.120. The zero-order valence-corrected chi connectivity index (χ0v) is 10.7. The molecule has 1 fully saturated rings. The van der Waals surface area contributed by atoms with Crippen molar-refractivity contribution in [2.24, 2.45) is 0 Å². The van der Waals surface area contributed by atoms with Crippen molar-refractivity contribution in [1.82, 2.24) is 10.6 Å². The minimum absolute atomic E-state index is 0.109. The monoisotopic (exact) mass is 230 g/mol. The summed E-state index contributed by atoms with van der Waals surface area (Å²) >= 11 is 1.94. The lowest BCUT2D eigenvalue weighted by Gasteiger charge is -2.13. The molecule has 0 heterocycles. The third-order valence-electron chi connectivity index (χ3n) is 2.72. The fourth-order valence-corrected chi connectivity index (χ4v) is 2.75. The standard InChI is InChI=1S/C11H22N2OS/c1-8(2)13-11(14)7-12-9-4-5-10(6-9)15-3/h8-10,12H,4-7H2,1-3H3,(H,13,14). The third-order valence-corrected chi connectivity index (χ3v) is 3.81. The Hall–Kier alpha value is -0.220. The van der Waals surface area contributed by atoms with E-state index in [0.717, 1.165) is 5.25 Å². The molecule has 0 aromatic rings. The molecule has 1 aliphatic carbocycles. The number of thioether (sulfide) groups is 1. The van der Waals surface area contributed by atoms with Gasteiger partial charge in [0, 0.05) is 17.3 Å². The van der Waals surface area contributed by atoms with Crippen LogP contribution in [0.1, 0.15) is 33.1 Å². The van der Waals surface area contributed by atoms with Crippen molar-refractivity contribution in [2.75, 3.05) is 12.8 Å². The maximum Gasteiger partial charge on any atom is 0.234 e. The van der Waals surface area contributed by atoms with Crippen LogP contribution < -0.4 is 10.6 Å². The van der Waals surface area contributed by atoms with Crippen molar-refractivity contribution < 1.29 is 4.79 Å². The van der Waals surface area contributed by atoms with Crippen molar-refractivity contribution in [1.29, 1.82) is 0 Å². The van der Waals surface area contributed by atoms with Gasteiger partial charge in [-0.2, -0.15) is 11.8 Å². The van der Waals surface area contributed by atoms with Gasteiger partial charge in [-0.05, 0) is 39.4 Å². The van der Waals surface area contributed by atoms with Crippen molar-refractivity contribution in [3.8, 4) is 0 Å². The van der Waals surface area contributed by atoms with Gasteiger partial charge < -0.3 is 10.6 Å². The van der Waals surface area contributed by atoms with Gasteiger partial charge >= 0.3 is 0 Å². The predicted octanol–water partition coefficient (Wildman–Crippen LogP) is 1.38. The van der Waals surface area contributed by atoms with E-state index >= 15 is 0 Å². The summed E-state index contributed by atoms with van der Waals surface area (Å²) in [6.45, 7) is 4.43. The molecule has 1 saturated carbocycles. The summed E-state index contributed by atoms with van der Waals surface area (Å²) in [5, 5.41) is 7.00. The summed E-state index contributed by atoms with van der Waals surface area (Å²) in [6.07, 6.45) is 5.86. The van der Waals surface area contributed by atoms with Gasteiger partial charge in [-0.3, -0.25) is 4.79 Å². The Morgan fingerprint density at radius 1 is 1.47 bits per heavy atom. The van der Waals surface area contributed by atoms with Crippen LogP contribution in [-0.2, 0) is 4.79 Å². The molecule has 2 unspecified atom stereocenters. The molecular formula is C11H22N2OS. The molecule has 0 aromatic carbocycles. The first kappa shape index (κ1) is 12.8. The van der Waals surface area contributed by atoms with Crippen molar-refractivity contribution in [3.05, 3.63) is 0 Å². The Balaban J connectivity index is 2.13. The average molecular weight is 230 g/mol. The second kappa shape index (κ2) is 6.38. The summed E-state index contributed by atoms with van der Waals surface area (Å²) in [6, 6.07) is 0.780. The van der Waals surface area contributed by atoms with E-state index in [2.05, 4.69) is 16.9 Å². The summed E-state index contributed by atoms with van der Waals surface area (Å²) in [5.74, 6) is 0.109. The first-order valence-corrected chi connectivity index (χ1v) is 6.96. The molecule has 1 rings (SSSR count). The normalized spacial score (nSPS) is 25.9. The Bertz CT molecular complexity index is 209. The molecule has 1 amide bonds. The van der Waals surface area contributed by atoms with Crippen LogP contribution in [0.2, 0.25) is 0 Å². The number of rotatable bonds is 5. The second-order valence-corrected chi connectivity index (χ2v) is 5.61. The van der Waals surface area contributed by atoms with E-state index in [1.807, 2.05) is 25.6 Å². The molecule has 4 heteroatoms. The topological polar surface area (TPSA) is 41.1 Å². The SMILES string of the molecule is CSC1CCC(NCC(=O)NC(C)C)C1. The predicted molar refractivity (Wildman–Crippen MR) is 66.2 cm³/mol. The van der Waals surface area contributed by atoms with Crippen molar-refractivity contribution in [2.45, 2.75) is 50.4 Å². The zero-order valence-electron chi connectivity index (χ0n) is 9.88. The highest BCUT2D eigenvalue weighted by Gasteiger charge is 2.23. The maximum absolute atomic E-state index is 11.4. The van der Waals surface area contributed by atoms with Gasteiger partial charge in [0.25, 0.3) is 0 Å². The smallest absolute Gasteiger partial charge is 0.234 e. The average Bonchev–Trinajstić information content (AvgIpc) is 2.61. The molecule has 88 valence electrons. The minimum Gasteiger partial charge on any atom is -0.353 e. The molecule has 1 aliphatic rings. The second-order valence-electron chi connectivity index (χ2n) is 4.47. The van der Waals surface area contributed by atoms with Crippen LogP contribution in [-0.4, -0.2) is 36.0 Å². The van der Waals surface area contributed by atoms with E-state index in [9.17, 15) is 4.79 Å². The van der Waals surface area contributed by atoms with Crippen molar-refractivity contribution >= 4 is 17.7 Å². The van der Waals surface area contributed by atoms with E-state index in [1.165, 1.54) is 19.3 Å². The fourth-order valence-electron chi connectivity index (χ4n) is 1.95. The van der Waals surface area contributed by atoms with E-state index in [4.69, 9.17) is 0 Å². The van der Waals surface area contributed by atoms with E-state index in [0.29, 0.717) is 12.6 Å². The van der Waals surface area contributed by atoms with Gasteiger partial charge in [0.05, 0.1) is 6.54 Å². The quantitative estimate of drug-likeness (QED) is 0.750. The molecule has 2 atom stereocenters. The van der Waals surface area contributed by atoms with Crippen LogP contribution in [0.3, 0.4) is 0 Å². The fraction of sp³-hybridized carbons (Fsp3) is 0.909. The zero-order chi connectivity index (χ0) is 11.3. The first-order valence-electron chi connectivity index (χ1n) is 5.67. The van der Waals surface area contributed by atoms with E-state index in [-0.39, 0.29) is 11.9 Å². The van der Waals surface area contributed by atoms with Gasteiger partial charge in [-0.15, -0.1) is 0 Å². The number of hydrogen-bond donors (Lipinski definition) is 2. The summed E-state index contributed by atoms with van der Waals surface area (Å²) in [5.41, 5.74) is 0. The highest BCUT2D eigenvalue weighted by Crippen LogP contribution is 2.27. The summed E-state index contributed by atoms with van der Waals surface area (Å²) in [7, 11) is 0. The molecular weight excluding hydrogens is 208 g/mol. The number of carbonyl (C=O) groups excluding carboxylic acids is 1. The Kier molecular flexibility index (Phi) is 5.47. The Morgan fingerprint density at radius 2 is 2.20 bits per heavy atom. The highest BCUT2D eigenvalue weighted by atomic mass is 32.2. The molecule has 15 heavy (non-hydrogen) atoms. The van der Waals surface area contributed by atoms with Gasteiger partial charge in [-0.1, -0.05) is 0 Å². The lowest BCUT2D eigenvalue weighted by atomic mass is 10.2. The molecule has 0 radical (unpaired) electrons. The summed E-state index contributed by atoms with van der Waals surface area (Å²) < 4.78 is 0. The van der Waals surface area contributed by atoms with Gasteiger partial charge in [0.1, 0.15) is 0 Å². The third kappa shape index (κ3) is 4.89. The number of amides is 1. The first-order chi connectivity index (χ1) is 7.11. The van der Waals surface area contributed by atoms with Gasteiger partial charge in [0.15, 0.2) is 0 Å². The van der Waals surface area contributed by atoms with Crippen LogP contribution in [0.5, 0.6) is 0 Å². The largest absolute Gasteiger partial charge is 0.353 e. The van der Waals surface area contributed by atoms with Crippen LogP contribution in [0, 0.1) is 0 Å². The molecule has 0 aromatic heterocycles. The van der Waals surface area contributed by atoms with Crippen LogP contribution in [0.4, 0.5) is 0 Å². The number of nitrogens with one attached hydrogen (secondary N) is 2. The van der Waals surface area contributed by atoms with Crippen LogP contribution in [0.15, 0.2) is 0 Å². The van der Waals surface area contributed by atoms with E-state index in [1.54, 1.807) is 0 Å². The van der Waals surface area contributed by atoms with Crippen molar-refractivity contribution in [3.63, 3.8) is 0 Å². The van der Waals surface area contributed by atoms with Crippen LogP contribution >= 0.6 is 11.8 Å². The van der Waals surface area contributed by atoms with Gasteiger partial charge in [-0.25, -0.2) is 0 Å². The Labute approximate surface area is 96.8 Å².